The van der Waals surface area contributed by atoms with Gasteiger partial charge >= 0.3 is 11.9 Å². The molecule has 1 fully saturated rings. The quantitative estimate of drug-likeness (QED) is 0.580. The van der Waals surface area contributed by atoms with E-state index in [4.69, 9.17) is 9.47 Å². The molecule has 5 nitrogen and oxygen atoms in total. The molecule has 0 saturated carbocycles. The molecule has 20 heavy (non-hydrogen) atoms. The molecule has 1 heterocycles. The third kappa shape index (κ3) is 3.17. The Morgan fingerprint density at radius 3 is 1.95 bits per heavy atom. The molecule has 0 amide bonds. The number of rotatable bonds is 6. The van der Waals surface area contributed by atoms with Gasteiger partial charge in [-0.3, -0.25) is 14.5 Å². The van der Waals surface area contributed by atoms with E-state index in [9.17, 15) is 9.59 Å². The minimum atomic E-state index is -0.519. The lowest BCUT2D eigenvalue weighted by molar-refractivity contribution is -0.147. The average Bonchev–Trinajstić information content (AvgIpc) is 3.14. The molecule has 0 bridgehead atoms. The van der Waals surface area contributed by atoms with E-state index in [1.807, 2.05) is 30.3 Å². The zero-order valence-electron chi connectivity index (χ0n) is 11.7. The van der Waals surface area contributed by atoms with E-state index in [-0.39, 0.29) is 11.9 Å². The summed E-state index contributed by atoms with van der Waals surface area (Å²) in [5.41, 5.74) is 1.05. The Morgan fingerprint density at radius 2 is 1.50 bits per heavy atom. The maximum absolute atomic E-state index is 11.9. The molecule has 108 valence electrons. The van der Waals surface area contributed by atoms with Gasteiger partial charge in [0.2, 0.25) is 0 Å². The van der Waals surface area contributed by atoms with Crippen molar-refractivity contribution in [1.29, 1.82) is 0 Å². The Balaban J connectivity index is 2.05. The van der Waals surface area contributed by atoms with Crippen LogP contribution >= 0.6 is 0 Å². The number of hydrogen-bond donors (Lipinski definition) is 0. The van der Waals surface area contributed by atoms with Gasteiger partial charge in [0.1, 0.15) is 12.1 Å². The fourth-order valence-electron chi connectivity index (χ4n) is 2.25. The van der Waals surface area contributed by atoms with Gasteiger partial charge in [-0.05, 0) is 19.4 Å². The average molecular weight is 277 g/mol. The van der Waals surface area contributed by atoms with Crippen LogP contribution in [-0.4, -0.2) is 42.1 Å². The summed E-state index contributed by atoms with van der Waals surface area (Å²) in [4.78, 5) is 25.5. The number of benzene rings is 1. The van der Waals surface area contributed by atoms with Crippen molar-refractivity contribution in [3.05, 3.63) is 35.9 Å². The van der Waals surface area contributed by atoms with Crippen molar-refractivity contribution < 1.29 is 19.1 Å². The number of esters is 2. The van der Waals surface area contributed by atoms with Crippen LogP contribution in [0.15, 0.2) is 30.3 Å². The van der Waals surface area contributed by atoms with Crippen LogP contribution < -0.4 is 0 Å². The van der Waals surface area contributed by atoms with E-state index in [1.165, 1.54) is 0 Å². The van der Waals surface area contributed by atoms with Crippen LogP contribution in [0.2, 0.25) is 0 Å². The molecular weight excluding hydrogens is 258 g/mol. The van der Waals surface area contributed by atoms with Crippen molar-refractivity contribution in [3.63, 3.8) is 0 Å². The van der Waals surface area contributed by atoms with Crippen molar-refractivity contribution in [1.82, 2.24) is 4.90 Å². The van der Waals surface area contributed by atoms with Gasteiger partial charge in [-0.1, -0.05) is 30.3 Å². The lowest BCUT2D eigenvalue weighted by atomic mass is 10.2. The van der Waals surface area contributed by atoms with Gasteiger partial charge < -0.3 is 9.47 Å². The van der Waals surface area contributed by atoms with Crippen LogP contribution in [0.5, 0.6) is 0 Å². The van der Waals surface area contributed by atoms with Crippen LogP contribution in [0.1, 0.15) is 19.4 Å². The molecule has 1 aliphatic rings. The molecule has 1 aromatic rings. The summed E-state index contributed by atoms with van der Waals surface area (Å²) < 4.78 is 10.0. The molecule has 0 spiro atoms. The van der Waals surface area contributed by atoms with Crippen molar-refractivity contribution >= 4 is 11.9 Å². The second kappa shape index (κ2) is 6.52. The summed E-state index contributed by atoms with van der Waals surface area (Å²) in [5.74, 6) is -0.719. The van der Waals surface area contributed by atoms with Crippen LogP contribution in [0.25, 0.3) is 0 Å². The standard InChI is InChI=1S/C15H19NO4/c1-3-19-14(17)12-13(15(18)20-4-2)16(12)10-11-8-6-5-7-9-11/h5-9,12-13H,3-4,10H2,1-2H3/t12-,13-/m0/s1. The predicted octanol–water partition coefficient (Wildman–Crippen LogP) is 1.37. The molecule has 2 rings (SSSR count). The Hall–Kier alpha value is -1.88. The van der Waals surface area contributed by atoms with Crippen molar-refractivity contribution in [2.24, 2.45) is 0 Å². The summed E-state index contributed by atoms with van der Waals surface area (Å²) in [5, 5.41) is 0. The summed E-state index contributed by atoms with van der Waals surface area (Å²) >= 11 is 0. The topological polar surface area (TPSA) is 55.6 Å². The van der Waals surface area contributed by atoms with Gasteiger partial charge in [0.25, 0.3) is 0 Å². The summed E-state index contributed by atoms with van der Waals surface area (Å²) in [6, 6.07) is 8.67. The number of hydrogen-bond acceptors (Lipinski definition) is 5. The number of nitrogens with zero attached hydrogens (tertiary/aromatic N) is 1. The minimum Gasteiger partial charge on any atom is -0.465 e. The SMILES string of the molecule is CCOC(=O)[C@@H]1[C@@H](C(=O)OCC)N1Cc1ccccc1. The zero-order chi connectivity index (χ0) is 14.5. The van der Waals surface area contributed by atoms with E-state index in [0.717, 1.165) is 5.56 Å². The first-order valence-corrected chi connectivity index (χ1v) is 6.82. The molecule has 0 aliphatic carbocycles. The maximum Gasteiger partial charge on any atom is 0.325 e. The Bertz CT molecular complexity index is 450. The van der Waals surface area contributed by atoms with E-state index in [0.29, 0.717) is 19.8 Å². The monoisotopic (exact) mass is 277 g/mol. The van der Waals surface area contributed by atoms with Crippen molar-refractivity contribution in [2.75, 3.05) is 13.2 Å². The first-order valence-electron chi connectivity index (χ1n) is 6.82. The Kier molecular flexibility index (Phi) is 4.74. The fourth-order valence-corrected chi connectivity index (χ4v) is 2.25. The molecule has 0 N–H and O–H groups in total. The summed E-state index contributed by atoms with van der Waals surface area (Å²) in [7, 11) is 0. The first-order chi connectivity index (χ1) is 9.69. The highest BCUT2D eigenvalue weighted by Crippen LogP contribution is 2.32. The van der Waals surface area contributed by atoms with Gasteiger partial charge in [0, 0.05) is 6.54 Å². The highest BCUT2D eigenvalue weighted by molar-refractivity contribution is 5.92. The summed E-state index contributed by atoms with van der Waals surface area (Å²) in [6.45, 7) is 4.66. The normalized spacial score (nSPS) is 24.0. The van der Waals surface area contributed by atoms with E-state index >= 15 is 0 Å². The van der Waals surface area contributed by atoms with Crippen LogP contribution in [0.4, 0.5) is 0 Å². The largest absolute Gasteiger partial charge is 0.465 e. The molecule has 1 aliphatic heterocycles. The smallest absolute Gasteiger partial charge is 0.325 e. The summed E-state index contributed by atoms with van der Waals surface area (Å²) in [6.07, 6.45) is 0. The molecule has 5 heteroatoms. The van der Waals surface area contributed by atoms with E-state index in [1.54, 1.807) is 18.7 Å². The lowest BCUT2D eigenvalue weighted by Crippen LogP contribution is -2.20. The Labute approximate surface area is 118 Å². The highest BCUT2D eigenvalue weighted by Gasteiger charge is 2.58. The Morgan fingerprint density at radius 1 is 1.00 bits per heavy atom. The molecule has 1 aromatic carbocycles. The maximum atomic E-state index is 11.9. The predicted molar refractivity (Wildman–Crippen MR) is 72.8 cm³/mol. The van der Waals surface area contributed by atoms with Crippen LogP contribution in [0, 0.1) is 0 Å². The number of carbonyl (C=O) groups is 2. The number of carbonyl (C=O) groups excluding carboxylic acids is 2. The van der Waals surface area contributed by atoms with Gasteiger partial charge in [-0.2, -0.15) is 0 Å². The molecule has 2 atom stereocenters. The second-order valence-corrected chi connectivity index (χ2v) is 4.55. The first kappa shape index (κ1) is 14.5. The highest BCUT2D eigenvalue weighted by atomic mass is 16.5. The van der Waals surface area contributed by atoms with Crippen LogP contribution in [-0.2, 0) is 25.6 Å². The van der Waals surface area contributed by atoms with Gasteiger partial charge in [-0.25, -0.2) is 0 Å². The minimum absolute atomic E-state index is 0.310. The van der Waals surface area contributed by atoms with E-state index < -0.39 is 12.1 Å². The van der Waals surface area contributed by atoms with Crippen molar-refractivity contribution in [2.45, 2.75) is 32.5 Å². The van der Waals surface area contributed by atoms with Gasteiger partial charge in [0.15, 0.2) is 0 Å². The molecule has 1 saturated heterocycles. The number of ether oxygens (including phenoxy) is 2. The molecule has 0 radical (unpaired) electrons. The van der Waals surface area contributed by atoms with Gasteiger partial charge in [0.05, 0.1) is 13.2 Å². The third-order valence-corrected chi connectivity index (χ3v) is 3.19. The van der Waals surface area contributed by atoms with E-state index in [2.05, 4.69) is 0 Å². The molecule has 0 unspecified atom stereocenters. The molecular formula is C15H19NO4. The van der Waals surface area contributed by atoms with Crippen LogP contribution in [0.3, 0.4) is 0 Å². The fraction of sp³-hybridized carbons (Fsp3) is 0.467. The van der Waals surface area contributed by atoms with Gasteiger partial charge in [-0.15, -0.1) is 0 Å². The third-order valence-electron chi connectivity index (χ3n) is 3.19. The second-order valence-electron chi connectivity index (χ2n) is 4.55. The molecule has 0 aromatic heterocycles. The lowest BCUT2D eigenvalue weighted by Gasteiger charge is -2.04. The zero-order valence-corrected chi connectivity index (χ0v) is 11.7. The van der Waals surface area contributed by atoms with Crippen molar-refractivity contribution in [3.8, 4) is 0 Å².